The van der Waals surface area contributed by atoms with E-state index in [4.69, 9.17) is 0 Å². The standard InChI is InChI=1S/C12H15N3O4/c1-8(9-2-3-9)7-13-11-5-4-10(14(16)17)6-12(11)15(18)19/h4-6,8-9,13H,2-3,7H2,1H3. The Morgan fingerprint density at radius 1 is 1.32 bits per heavy atom. The van der Waals surface area contributed by atoms with Crippen molar-refractivity contribution in [3.05, 3.63) is 38.4 Å². The van der Waals surface area contributed by atoms with E-state index >= 15 is 0 Å². The minimum atomic E-state index is -0.635. The lowest BCUT2D eigenvalue weighted by atomic mass is 10.1. The number of hydrogen-bond donors (Lipinski definition) is 1. The van der Waals surface area contributed by atoms with Gasteiger partial charge < -0.3 is 5.32 Å². The Hall–Kier alpha value is -2.18. The molecular weight excluding hydrogens is 250 g/mol. The highest BCUT2D eigenvalue weighted by Crippen LogP contribution is 2.37. The van der Waals surface area contributed by atoms with Crippen molar-refractivity contribution >= 4 is 17.1 Å². The molecular formula is C12H15N3O4. The molecule has 1 aromatic carbocycles. The Labute approximate surface area is 109 Å². The van der Waals surface area contributed by atoms with Crippen molar-refractivity contribution in [1.29, 1.82) is 0 Å². The molecule has 0 saturated heterocycles. The van der Waals surface area contributed by atoms with Gasteiger partial charge in [0.15, 0.2) is 0 Å². The summed E-state index contributed by atoms with van der Waals surface area (Å²) >= 11 is 0. The summed E-state index contributed by atoms with van der Waals surface area (Å²) in [4.78, 5) is 20.3. The Morgan fingerprint density at radius 3 is 2.53 bits per heavy atom. The van der Waals surface area contributed by atoms with Crippen molar-refractivity contribution in [3.8, 4) is 0 Å². The summed E-state index contributed by atoms with van der Waals surface area (Å²) in [5.41, 5.74) is -0.187. The Morgan fingerprint density at radius 2 is 2.00 bits per heavy atom. The number of rotatable bonds is 6. The number of nitro groups is 2. The zero-order valence-electron chi connectivity index (χ0n) is 10.5. The van der Waals surface area contributed by atoms with Gasteiger partial charge in [-0.1, -0.05) is 6.92 Å². The molecule has 0 aliphatic heterocycles. The van der Waals surface area contributed by atoms with E-state index in [0.717, 1.165) is 6.07 Å². The van der Waals surface area contributed by atoms with Crippen LogP contribution in [0.4, 0.5) is 17.1 Å². The fraction of sp³-hybridized carbons (Fsp3) is 0.500. The molecule has 19 heavy (non-hydrogen) atoms. The molecule has 1 aliphatic rings. The predicted molar refractivity (Wildman–Crippen MR) is 70.1 cm³/mol. The summed E-state index contributed by atoms with van der Waals surface area (Å²) in [5, 5.41) is 24.6. The number of nitrogens with zero attached hydrogens (tertiary/aromatic N) is 2. The third-order valence-electron chi connectivity index (χ3n) is 3.43. The van der Waals surface area contributed by atoms with Crippen LogP contribution in [0.3, 0.4) is 0 Å². The summed E-state index contributed by atoms with van der Waals surface area (Å²) in [7, 11) is 0. The average molecular weight is 265 g/mol. The van der Waals surface area contributed by atoms with Gasteiger partial charge in [0.05, 0.1) is 15.9 Å². The molecule has 0 amide bonds. The van der Waals surface area contributed by atoms with Crippen molar-refractivity contribution < 1.29 is 9.85 Å². The monoisotopic (exact) mass is 265 g/mol. The first-order valence-corrected chi connectivity index (χ1v) is 6.15. The number of nitrogens with one attached hydrogen (secondary N) is 1. The van der Waals surface area contributed by atoms with Gasteiger partial charge in [0.25, 0.3) is 11.4 Å². The molecule has 1 atom stereocenters. The molecule has 0 heterocycles. The van der Waals surface area contributed by atoms with Crippen molar-refractivity contribution in [3.63, 3.8) is 0 Å². The molecule has 1 fully saturated rings. The van der Waals surface area contributed by atoms with E-state index in [9.17, 15) is 20.2 Å². The van der Waals surface area contributed by atoms with Crippen LogP contribution in [0, 0.1) is 32.1 Å². The van der Waals surface area contributed by atoms with Crippen LogP contribution < -0.4 is 5.32 Å². The van der Waals surface area contributed by atoms with E-state index < -0.39 is 9.85 Å². The fourth-order valence-electron chi connectivity index (χ4n) is 2.04. The minimum Gasteiger partial charge on any atom is -0.379 e. The molecule has 0 aromatic heterocycles. The molecule has 1 aliphatic carbocycles. The summed E-state index contributed by atoms with van der Waals surface area (Å²) in [6.45, 7) is 2.74. The van der Waals surface area contributed by atoms with Gasteiger partial charge in [0, 0.05) is 12.6 Å². The summed E-state index contributed by atoms with van der Waals surface area (Å²) < 4.78 is 0. The molecule has 0 spiro atoms. The molecule has 1 aromatic rings. The lowest BCUT2D eigenvalue weighted by molar-refractivity contribution is -0.393. The zero-order valence-corrected chi connectivity index (χ0v) is 10.5. The molecule has 1 N–H and O–H groups in total. The van der Waals surface area contributed by atoms with Gasteiger partial charge in [-0.3, -0.25) is 20.2 Å². The maximum atomic E-state index is 10.9. The molecule has 0 radical (unpaired) electrons. The Bertz CT molecular complexity index is 514. The summed E-state index contributed by atoms with van der Waals surface area (Å²) in [6, 6.07) is 3.66. The number of nitro benzene ring substituents is 2. The average Bonchev–Trinajstić information content (AvgIpc) is 3.19. The van der Waals surface area contributed by atoms with Crippen LogP contribution in [0.25, 0.3) is 0 Å². The predicted octanol–water partition coefficient (Wildman–Crippen LogP) is 2.96. The lowest BCUT2D eigenvalue weighted by Crippen LogP contribution is -2.13. The van der Waals surface area contributed by atoms with Crippen LogP contribution in [0.1, 0.15) is 19.8 Å². The zero-order chi connectivity index (χ0) is 14.0. The topological polar surface area (TPSA) is 98.3 Å². The van der Waals surface area contributed by atoms with Crippen LogP contribution in [-0.2, 0) is 0 Å². The van der Waals surface area contributed by atoms with E-state index in [-0.39, 0.29) is 11.4 Å². The highest BCUT2D eigenvalue weighted by atomic mass is 16.6. The van der Waals surface area contributed by atoms with E-state index in [1.165, 1.54) is 25.0 Å². The maximum absolute atomic E-state index is 10.9. The minimum absolute atomic E-state index is 0.253. The van der Waals surface area contributed by atoms with Gasteiger partial charge in [-0.25, -0.2) is 0 Å². The van der Waals surface area contributed by atoms with E-state index in [1.54, 1.807) is 0 Å². The molecule has 1 unspecified atom stereocenters. The van der Waals surface area contributed by atoms with Crippen LogP contribution >= 0.6 is 0 Å². The molecule has 7 nitrogen and oxygen atoms in total. The Kier molecular flexibility index (Phi) is 3.64. The normalized spacial score (nSPS) is 15.8. The summed E-state index contributed by atoms with van der Waals surface area (Å²) in [6.07, 6.45) is 2.43. The molecule has 102 valence electrons. The second-order valence-corrected chi connectivity index (χ2v) is 4.91. The molecule has 0 bridgehead atoms. The molecule has 2 rings (SSSR count). The van der Waals surface area contributed by atoms with Crippen LogP contribution in [0.5, 0.6) is 0 Å². The number of anilines is 1. The number of benzene rings is 1. The quantitative estimate of drug-likeness (QED) is 0.629. The first-order chi connectivity index (χ1) is 8.99. The van der Waals surface area contributed by atoms with Crippen molar-refractivity contribution in [2.24, 2.45) is 11.8 Å². The first-order valence-electron chi connectivity index (χ1n) is 6.15. The van der Waals surface area contributed by atoms with Crippen LogP contribution in [0.15, 0.2) is 18.2 Å². The molecule has 7 heteroatoms. The van der Waals surface area contributed by atoms with Gasteiger partial charge in [-0.15, -0.1) is 0 Å². The lowest BCUT2D eigenvalue weighted by Gasteiger charge is -2.12. The van der Waals surface area contributed by atoms with Crippen LogP contribution in [-0.4, -0.2) is 16.4 Å². The second-order valence-electron chi connectivity index (χ2n) is 4.91. The number of non-ortho nitro benzene ring substituents is 1. The Balaban J connectivity index is 2.13. The highest BCUT2D eigenvalue weighted by Gasteiger charge is 2.28. The highest BCUT2D eigenvalue weighted by molar-refractivity contribution is 5.65. The van der Waals surface area contributed by atoms with E-state index in [1.807, 2.05) is 0 Å². The SMILES string of the molecule is CC(CNc1ccc([N+](=O)[O-])cc1[N+](=O)[O-])C1CC1. The van der Waals surface area contributed by atoms with Crippen molar-refractivity contribution in [2.45, 2.75) is 19.8 Å². The summed E-state index contributed by atoms with van der Waals surface area (Å²) in [5.74, 6) is 1.15. The number of hydrogen-bond acceptors (Lipinski definition) is 5. The molecule has 1 saturated carbocycles. The van der Waals surface area contributed by atoms with Gasteiger partial charge in [0.1, 0.15) is 5.69 Å². The van der Waals surface area contributed by atoms with Crippen molar-refractivity contribution in [2.75, 3.05) is 11.9 Å². The third kappa shape index (κ3) is 3.18. The van der Waals surface area contributed by atoms with Gasteiger partial charge >= 0.3 is 0 Å². The second kappa shape index (κ2) is 5.21. The first kappa shape index (κ1) is 13.3. The van der Waals surface area contributed by atoms with E-state index in [2.05, 4.69) is 12.2 Å². The largest absolute Gasteiger partial charge is 0.379 e. The van der Waals surface area contributed by atoms with Gasteiger partial charge in [0.2, 0.25) is 0 Å². The smallest absolute Gasteiger partial charge is 0.299 e. The van der Waals surface area contributed by atoms with Gasteiger partial charge in [-0.2, -0.15) is 0 Å². The third-order valence-corrected chi connectivity index (χ3v) is 3.43. The fourth-order valence-corrected chi connectivity index (χ4v) is 2.04. The maximum Gasteiger partial charge on any atom is 0.299 e. The van der Waals surface area contributed by atoms with Gasteiger partial charge in [-0.05, 0) is 30.7 Å². The van der Waals surface area contributed by atoms with Crippen LogP contribution in [0.2, 0.25) is 0 Å². The van der Waals surface area contributed by atoms with E-state index in [0.29, 0.717) is 24.1 Å². The van der Waals surface area contributed by atoms with Crippen molar-refractivity contribution in [1.82, 2.24) is 0 Å².